The van der Waals surface area contributed by atoms with E-state index >= 15 is 0 Å². The molecule has 0 amide bonds. The van der Waals surface area contributed by atoms with Crippen molar-refractivity contribution in [3.05, 3.63) is 127 Å². The Bertz CT molecular complexity index is 1650. The largest absolute Gasteiger partial charge is 0.208 e. The lowest BCUT2D eigenvalue weighted by molar-refractivity contribution is 0.630. The molecular formula is C31H20FN3. The van der Waals surface area contributed by atoms with E-state index in [1.54, 1.807) is 18.2 Å². The van der Waals surface area contributed by atoms with Crippen molar-refractivity contribution in [2.45, 2.75) is 0 Å². The van der Waals surface area contributed by atoms with Gasteiger partial charge in [0.15, 0.2) is 17.5 Å². The van der Waals surface area contributed by atoms with Crippen molar-refractivity contribution in [3.63, 3.8) is 0 Å². The van der Waals surface area contributed by atoms with Gasteiger partial charge in [0, 0.05) is 11.1 Å². The zero-order valence-electron chi connectivity index (χ0n) is 18.8. The Balaban J connectivity index is 1.48. The standard InChI is InChI=1S/C31H20FN3/c32-28-14-8-7-13-27(28)31-34-29(22-11-5-2-6-12-22)33-30(35-31)26-18-17-24-19-23(15-16-25(24)20-26)21-9-3-1-4-10-21/h1-20H. The molecule has 0 aliphatic carbocycles. The first-order chi connectivity index (χ1) is 17.2. The molecule has 0 unspecified atom stereocenters. The molecule has 1 heterocycles. The third-order valence-electron chi connectivity index (χ3n) is 5.99. The molecule has 0 saturated heterocycles. The van der Waals surface area contributed by atoms with Crippen molar-refractivity contribution in [2.75, 3.05) is 0 Å². The number of nitrogens with zero attached hydrogens (tertiary/aromatic N) is 3. The summed E-state index contributed by atoms with van der Waals surface area (Å²) in [6.45, 7) is 0. The number of fused-ring (bicyclic) bond motifs is 1. The van der Waals surface area contributed by atoms with E-state index in [9.17, 15) is 4.39 Å². The molecule has 0 N–H and O–H groups in total. The SMILES string of the molecule is Fc1ccccc1-c1nc(-c2ccccc2)nc(-c2ccc3cc(-c4ccccc4)ccc3c2)n1. The molecule has 5 aromatic carbocycles. The molecule has 0 aliphatic rings. The van der Waals surface area contributed by atoms with Crippen molar-refractivity contribution >= 4 is 10.8 Å². The Kier molecular flexibility index (Phi) is 5.32. The Morgan fingerprint density at radius 3 is 1.60 bits per heavy atom. The maximum absolute atomic E-state index is 14.6. The first-order valence-corrected chi connectivity index (χ1v) is 11.4. The third-order valence-corrected chi connectivity index (χ3v) is 5.99. The lowest BCUT2D eigenvalue weighted by Crippen LogP contribution is -2.01. The van der Waals surface area contributed by atoms with E-state index in [0.717, 1.165) is 21.9 Å². The summed E-state index contributed by atoms with van der Waals surface area (Å²) in [6.07, 6.45) is 0. The van der Waals surface area contributed by atoms with Gasteiger partial charge >= 0.3 is 0 Å². The van der Waals surface area contributed by atoms with E-state index in [4.69, 9.17) is 4.98 Å². The summed E-state index contributed by atoms with van der Waals surface area (Å²) in [4.78, 5) is 14.0. The molecule has 4 heteroatoms. The van der Waals surface area contributed by atoms with Crippen molar-refractivity contribution < 1.29 is 4.39 Å². The maximum atomic E-state index is 14.6. The van der Waals surface area contributed by atoms with Crippen LogP contribution in [-0.4, -0.2) is 15.0 Å². The molecule has 6 aromatic rings. The molecule has 0 bridgehead atoms. The van der Waals surface area contributed by atoms with Crippen molar-refractivity contribution in [3.8, 4) is 45.3 Å². The fourth-order valence-electron chi connectivity index (χ4n) is 4.18. The predicted octanol–water partition coefficient (Wildman–Crippen LogP) is 7.83. The molecular weight excluding hydrogens is 433 g/mol. The summed E-state index contributed by atoms with van der Waals surface area (Å²) in [6, 6.07) is 39.1. The summed E-state index contributed by atoms with van der Waals surface area (Å²) in [7, 11) is 0. The van der Waals surface area contributed by atoms with Crippen molar-refractivity contribution in [1.82, 2.24) is 15.0 Å². The van der Waals surface area contributed by atoms with Gasteiger partial charge in [-0.2, -0.15) is 0 Å². The lowest BCUT2D eigenvalue weighted by Gasteiger charge is -2.10. The number of hydrogen-bond acceptors (Lipinski definition) is 3. The van der Waals surface area contributed by atoms with Gasteiger partial charge in [-0.3, -0.25) is 0 Å². The first kappa shape index (κ1) is 20.9. The minimum absolute atomic E-state index is 0.312. The van der Waals surface area contributed by atoms with Gasteiger partial charge in [-0.15, -0.1) is 0 Å². The summed E-state index contributed by atoms with van der Waals surface area (Å²) in [5.41, 5.74) is 4.39. The average molecular weight is 454 g/mol. The highest BCUT2D eigenvalue weighted by Gasteiger charge is 2.15. The van der Waals surface area contributed by atoms with Crippen LogP contribution in [-0.2, 0) is 0 Å². The van der Waals surface area contributed by atoms with Crippen LogP contribution in [0.3, 0.4) is 0 Å². The van der Waals surface area contributed by atoms with E-state index in [1.165, 1.54) is 17.2 Å². The van der Waals surface area contributed by atoms with Crippen LogP contribution in [0.4, 0.5) is 4.39 Å². The number of hydrogen-bond donors (Lipinski definition) is 0. The van der Waals surface area contributed by atoms with Gasteiger partial charge in [-0.25, -0.2) is 19.3 Å². The Hall–Kier alpha value is -4.70. The van der Waals surface area contributed by atoms with E-state index in [2.05, 4.69) is 52.4 Å². The minimum atomic E-state index is -0.365. The maximum Gasteiger partial charge on any atom is 0.167 e. The zero-order chi connectivity index (χ0) is 23.6. The normalized spacial score (nSPS) is 11.0. The summed E-state index contributed by atoms with van der Waals surface area (Å²) >= 11 is 0. The van der Waals surface area contributed by atoms with E-state index in [-0.39, 0.29) is 5.82 Å². The minimum Gasteiger partial charge on any atom is -0.208 e. The Morgan fingerprint density at radius 1 is 0.400 bits per heavy atom. The number of benzene rings is 5. The number of aromatic nitrogens is 3. The average Bonchev–Trinajstić information content (AvgIpc) is 2.93. The number of halogens is 1. The molecule has 166 valence electrons. The van der Waals surface area contributed by atoms with Crippen LogP contribution in [0.15, 0.2) is 121 Å². The van der Waals surface area contributed by atoms with Gasteiger partial charge in [-0.05, 0) is 46.2 Å². The zero-order valence-corrected chi connectivity index (χ0v) is 18.8. The van der Waals surface area contributed by atoms with Crippen molar-refractivity contribution in [2.24, 2.45) is 0 Å². The highest BCUT2D eigenvalue weighted by Crippen LogP contribution is 2.30. The first-order valence-electron chi connectivity index (χ1n) is 11.4. The quantitative estimate of drug-likeness (QED) is 0.273. The molecule has 6 rings (SSSR count). The van der Waals surface area contributed by atoms with Crippen LogP contribution in [0.2, 0.25) is 0 Å². The smallest absolute Gasteiger partial charge is 0.167 e. The van der Waals surface area contributed by atoms with Crippen LogP contribution < -0.4 is 0 Å². The fourth-order valence-corrected chi connectivity index (χ4v) is 4.18. The van der Waals surface area contributed by atoms with Crippen molar-refractivity contribution in [1.29, 1.82) is 0 Å². The van der Waals surface area contributed by atoms with Gasteiger partial charge in [0.25, 0.3) is 0 Å². The van der Waals surface area contributed by atoms with Gasteiger partial charge in [0.2, 0.25) is 0 Å². The monoisotopic (exact) mass is 453 g/mol. The van der Waals surface area contributed by atoms with Gasteiger partial charge < -0.3 is 0 Å². The molecule has 0 saturated carbocycles. The van der Waals surface area contributed by atoms with Crippen LogP contribution in [0.25, 0.3) is 56.1 Å². The van der Waals surface area contributed by atoms with Crippen LogP contribution >= 0.6 is 0 Å². The second-order valence-electron chi connectivity index (χ2n) is 8.29. The molecule has 0 aliphatic heterocycles. The van der Waals surface area contributed by atoms with Crippen LogP contribution in [0, 0.1) is 5.82 Å². The molecule has 1 aromatic heterocycles. The Morgan fingerprint density at radius 2 is 0.914 bits per heavy atom. The highest BCUT2D eigenvalue weighted by molar-refractivity contribution is 5.90. The number of rotatable bonds is 4. The van der Waals surface area contributed by atoms with Gasteiger partial charge in [-0.1, -0.05) is 97.1 Å². The highest BCUT2D eigenvalue weighted by atomic mass is 19.1. The van der Waals surface area contributed by atoms with E-state index < -0.39 is 0 Å². The fraction of sp³-hybridized carbons (Fsp3) is 0. The predicted molar refractivity (Wildman–Crippen MR) is 139 cm³/mol. The molecule has 35 heavy (non-hydrogen) atoms. The summed E-state index contributed by atoms with van der Waals surface area (Å²) in [5.74, 6) is 0.960. The van der Waals surface area contributed by atoms with Crippen LogP contribution in [0.5, 0.6) is 0 Å². The second-order valence-corrected chi connectivity index (χ2v) is 8.29. The molecule has 0 atom stereocenters. The lowest BCUT2D eigenvalue weighted by atomic mass is 10.00. The topological polar surface area (TPSA) is 38.7 Å². The second kappa shape index (κ2) is 8.92. The third kappa shape index (κ3) is 4.18. The van der Waals surface area contributed by atoms with Crippen LogP contribution in [0.1, 0.15) is 0 Å². The van der Waals surface area contributed by atoms with E-state index in [1.807, 2.05) is 54.6 Å². The van der Waals surface area contributed by atoms with Gasteiger partial charge in [0.1, 0.15) is 5.82 Å². The molecule has 0 fully saturated rings. The molecule has 3 nitrogen and oxygen atoms in total. The Labute approximate surface area is 202 Å². The van der Waals surface area contributed by atoms with Gasteiger partial charge in [0.05, 0.1) is 5.56 Å². The molecule has 0 radical (unpaired) electrons. The molecule has 0 spiro atoms. The summed E-state index contributed by atoms with van der Waals surface area (Å²) in [5, 5.41) is 2.21. The van der Waals surface area contributed by atoms with E-state index in [0.29, 0.717) is 23.0 Å². The summed E-state index contributed by atoms with van der Waals surface area (Å²) < 4.78 is 14.6.